The minimum Gasteiger partial charge on any atom is -0.370 e. The molecule has 4 heteroatoms. The number of piperidine rings is 1. The van der Waals surface area contributed by atoms with E-state index in [4.69, 9.17) is 5.73 Å². The first-order chi connectivity index (χ1) is 6.56. The van der Waals surface area contributed by atoms with Gasteiger partial charge in [0.15, 0.2) is 0 Å². The monoisotopic (exact) mass is 199 g/mol. The summed E-state index contributed by atoms with van der Waals surface area (Å²) in [6.45, 7) is 5.18. The van der Waals surface area contributed by atoms with E-state index in [9.17, 15) is 4.79 Å². The Hall–Kier alpha value is -0.610. The van der Waals surface area contributed by atoms with Crippen molar-refractivity contribution < 1.29 is 4.79 Å². The summed E-state index contributed by atoms with van der Waals surface area (Å²) in [6, 6.07) is 0. The van der Waals surface area contributed by atoms with Crippen molar-refractivity contribution in [3.8, 4) is 0 Å². The Morgan fingerprint density at radius 1 is 1.50 bits per heavy atom. The molecule has 3 N–H and O–H groups in total. The minimum absolute atomic E-state index is 0.202. The highest BCUT2D eigenvalue weighted by Gasteiger charge is 2.27. The van der Waals surface area contributed by atoms with Crippen molar-refractivity contribution in [2.45, 2.75) is 31.7 Å². The Balaban J connectivity index is 2.25. The van der Waals surface area contributed by atoms with Gasteiger partial charge in [-0.1, -0.05) is 0 Å². The van der Waals surface area contributed by atoms with E-state index in [1.807, 2.05) is 7.05 Å². The molecule has 82 valence electrons. The van der Waals surface area contributed by atoms with Crippen molar-refractivity contribution in [1.82, 2.24) is 10.2 Å². The zero-order valence-corrected chi connectivity index (χ0v) is 9.18. The lowest BCUT2D eigenvalue weighted by molar-refractivity contribution is -0.118. The minimum atomic E-state index is -0.202. The Morgan fingerprint density at radius 3 is 2.50 bits per heavy atom. The SMILES string of the molecule is CNC1(C)CCN(CCC(N)=O)CC1. The van der Waals surface area contributed by atoms with E-state index in [-0.39, 0.29) is 11.4 Å². The van der Waals surface area contributed by atoms with Crippen LogP contribution in [0.5, 0.6) is 0 Å². The molecule has 0 aromatic rings. The first-order valence-electron chi connectivity index (χ1n) is 5.25. The van der Waals surface area contributed by atoms with Crippen LogP contribution in [0.3, 0.4) is 0 Å². The molecule has 4 nitrogen and oxygen atoms in total. The van der Waals surface area contributed by atoms with Crippen LogP contribution in [0.25, 0.3) is 0 Å². The molecule has 14 heavy (non-hydrogen) atoms. The van der Waals surface area contributed by atoms with Crippen LogP contribution in [0.2, 0.25) is 0 Å². The lowest BCUT2D eigenvalue weighted by Gasteiger charge is -2.39. The number of carbonyl (C=O) groups excluding carboxylic acids is 1. The van der Waals surface area contributed by atoms with Gasteiger partial charge in [0.25, 0.3) is 0 Å². The molecule has 1 amide bonds. The van der Waals surface area contributed by atoms with Crippen LogP contribution in [0.4, 0.5) is 0 Å². The molecule has 0 radical (unpaired) electrons. The van der Waals surface area contributed by atoms with Gasteiger partial charge in [-0.2, -0.15) is 0 Å². The quantitative estimate of drug-likeness (QED) is 0.666. The van der Waals surface area contributed by atoms with E-state index in [1.54, 1.807) is 0 Å². The van der Waals surface area contributed by atoms with Gasteiger partial charge in [0.1, 0.15) is 0 Å². The predicted octanol–water partition coefficient (Wildman–Crippen LogP) is -0.0643. The average Bonchev–Trinajstić information content (AvgIpc) is 2.17. The van der Waals surface area contributed by atoms with Crippen molar-refractivity contribution in [1.29, 1.82) is 0 Å². The smallest absolute Gasteiger partial charge is 0.218 e. The van der Waals surface area contributed by atoms with Crippen LogP contribution in [-0.2, 0) is 4.79 Å². The first-order valence-corrected chi connectivity index (χ1v) is 5.25. The maximum Gasteiger partial charge on any atom is 0.218 e. The van der Waals surface area contributed by atoms with Crippen LogP contribution < -0.4 is 11.1 Å². The third kappa shape index (κ3) is 3.27. The zero-order valence-electron chi connectivity index (χ0n) is 9.18. The topological polar surface area (TPSA) is 58.4 Å². The number of primary amides is 1. The number of hydrogen-bond donors (Lipinski definition) is 2. The summed E-state index contributed by atoms with van der Waals surface area (Å²) in [5, 5.41) is 3.35. The van der Waals surface area contributed by atoms with E-state index in [0.29, 0.717) is 6.42 Å². The molecule has 0 saturated carbocycles. The fourth-order valence-electron chi connectivity index (χ4n) is 1.79. The third-order valence-corrected chi connectivity index (χ3v) is 3.24. The van der Waals surface area contributed by atoms with Crippen LogP contribution in [0.1, 0.15) is 26.2 Å². The van der Waals surface area contributed by atoms with Gasteiger partial charge in [-0.05, 0) is 39.9 Å². The Labute approximate surface area is 85.8 Å². The van der Waals surface area contributed by atoms with E-state index in [2.05, 4.69) is 17.1 Å². The van der Waals surface area contributed by atoms with Crippen LogP contribution >= 0.6 is 0 Å². The van der Waals surface area contributed by atoms with Crippen molar-refractivity contribution in [3.05, 3.63) is 0 Å². The van der Waals surface area contributed by atoms with Crippen molar-refractivity contribution in [2.75, 3.05) is 26.7 Å². The fraction of sp³-hybridized carbons (Fsp3) is 0.900. The first kappa shape index (κ1) is 11.5. The summed E-state index contributed by atoms with van der Waals surface area (Å²) in [5.41, 5.74) is 5.39. The molecule has 1 aliphatic rings. The van der Waals surface area contributed by atoms with Crippen molar-refractivity contribution >= 4 is 5.91 Å². The summed E-state index contributed by atoms with van der Waals surface area (Å²) in [6.07, 6.45) is 2.76. The maximum absolute atomic E-state index is 10.6. The standard InChI is InChI=1S/C10H21N3O/c1-10(12-2)4-7-13(8-5-10)6-3-9(11)14/h12H,3-8H2,1-2H3,(H2,11,14). The molecular formula is C10H21N3O. The molecule has 0 aromatic carbocycles. The van der Waals surface area contributed by atoms with E-state index < -0.39 is 0 Å². The van der Waals surface area contributed by atoms with Gasteiger partial charge in [0.2, 0.25) is 5.91 Å². The third-order valence-electron chi connectivity index (χ3n) is 3.24. The van der Waals surface area contributed by atoms with E-state index in [1.165, 1.54) is 0 Å². The number of rotatable bonds is 4. The molecule has 1 saturated heterocycles. The normalized spacial score (nSPS) is 22.1. The molecule has 0 bridgehead atoms. The summed E-state index contributed by atoms with van der Waals surface area (Å²) < 4.78 is 0. The molecule has 1 heterocycles. The van der Waals surface area contributed by atoms with Crippen LogP contribution in [-0.4, -0.2) is 43.0 Å². The number of nitrogens with two attached hydrogens (primary N) is 1. The molecule has 0 aromatic heterocycles. The van der Waals surface area contributed by atoms with Gasteiger partial charge in [0, 0.05) is 18.5 Å². The molecule has 0 unspecified atom stereocenters. The number of nitrogens with one attached hydrogen (secondary N) is 1. The van der Waals surface area contributed by atoms with Gasteiger partial charge in [-0.15, -0.1) is 0 Å². The summed E-state index contributed by atoms with van der Waals surface area (Å²) >= 11 is 0. The van der Waals surface area contributed by atoms with Gasteiger partial charge >= 0.3 is 0 Å². The molecular weight excluding hydrogens is 178 g/mol. The second kappa shape index (κ2) is 4.75. The molecule has 1 fully saturated rings. The van der Waals surface area contributed by atoms with Crippen molar-refractivity contribution in [2.24, 2.45) is 5.73 Å². The molecule has 0 spiro atoms. The number of likely N-dealkylation sites (tertiary alicyclic amines) is 1. The molecule has 1 rings (SSSR count). The Kier molecular flexibility index (Phi) is 3.89. The van der Waals surface area contributed by atoms with Gasteiger partial charge in [-0.25, -0.2) is 0 Å². The maximum atomic E-state index is 10.6. The van der Waals surface area contributed by atoms with Gasteiger partial charge in [-0.3, -0.25) is 4.79 Å². The largest absolute Gasteiger partial charge is 0.370 e. The van der Waals surface area contributed by atoms with Crippen LogP contribution in [0, 0.1) is 0 Å². The lowest BCUT2D eigenvalue weighted by Crippen LogP contribution is -2.50. The second-order valence-electron chi connectivity index (χ2n) is 4.37. The highest BCUT2D eigenvalue weighted by atomic mass is 16.1. The number of nitrogens with zero attached hydrogens (tertiary/aromatic N) is 1. The van der Waals surface area contributed by atoms with E-state index >= 15 is 0 Å². The molecule has 1 aliphatic heterocycles. The Bertz CT molecular complexity index is 198. The molecule has 0 aliphatic carbocycles. The highest BCUT2D eigenvalue weighted by Crippen LogP contribution is 2.20. The van der Waals surface area contributed by atoms with Crippen LogP contribution in [0.15, 0.2) is 0 Å². The number of amides is 1. The highest BCUT2D eigenvalue weighted by molar-refractivity contribution is 5.73. The van der Waals surface area contributed by atoms with Gasteiger partial charge < -0.3 is 16.0 Å². The average molecular weight is 199 g/mol. The number of carbonyl (C=O) groups is 1. The number of hydrogen-bond acceptors (Lipinski definition) is 3. The Morgan fingerprint density at radius 2 is 2.07 bits per heavy atom. The van der Waals surface area contributed by atoms with Gasteiger partial charge in [0.05, 0.1) is 0 Å². The summed E-state index contributed by atoms with van der Waals surface area (Å²) in [5.74, 6) is -0.202. The van der Waals surface area contributed by atoms with E-state index in [0.717, 1.165) is 32.5 Å². The predicted molar refractivity (Wildman–Crippen MR) is 57.0 cm³/mol. The molecule has 0 atom stereocenters. The summed E-state index contributed by atoms with van der Waals surface area (Å²) in [4.78, 5) is 12.9. The zero-order chi connectivity index (χ0) is 10.6. The second-order valence-corrected chi connectivity index (χ2v) is 4.37. The summed E-state index contributed by atoms with van der Waals surface area (Å²) in [7, 11) is 2.01. The fourth-order valence-corrected chi connectivity index (χ4v) is 1.79. The van der Waals surface area contributed by atoms with Crippen molar-refractivity contribution in [3.63, 3.8) is 0 Å². The lowest BCUT2D eigenvalue weighted by atomic mass is 9.90.